The third-order valence-electron chi connectivity index (χ3n) is 2.54. The van der Waals surface area contributed by atoms with Gasteiger partial charge in [-0.2, -0.15) is 0 Å². The SMILES string of the molecule is O=C(NCc1ccc([N+](=O)[O-])cc1)Oc1ccccc1. The van der Waals surface area contributed by atoms with Crippen molar-refractivity contribution in [1.82, 2.24) is 5.32 Å². The first-order valence-corrected chi connectivity index (χ1v) is 5.89. The third-order valence-corrected chi connectivity index (χ3v) is 2.54. The largest absolute Gasteiger partial charge is 0.412 e. The lowest BCUT2D eigenvalue weighted by Gasteiger charge is -2.06. The number of ether oxygens (including phenoxy) is 1. The first-order valence-electron chi connectivity index (χ1n) is 5.89. The highest BCUT2D eigenvalue weighted by Gasteiger charge is 2.06. The molecule has 102 valence electrons. The van der Waals surface area contributed by atoms with Gasteiger partial charge < -0.3 is 10.1 Å². The predicted molar refractivity (Wildman–Crippen MR) is 72.4 cm³/mol. The Bertz CT molecular complexity index is 596. The monoisotopic (exact) mass is 272 g/mol. The van der Waals surface area contributed by atoms with Crippen LogP contribution in [0.3, 0.4) is 0 Å². The van der Waals surface area contributed by atoms with Crippen LogP contribution in [-0.4, -0.2) is 11.0 Å². The average Bonchev–Trinajstić information content (AvgIpc) is 2.46. The van der Waals surface area contributed by atoms with Crippen LogP contribution in [0.1, 0.15) is 5.56 Å². The van der Waals surface area contributed by atoms with E-state index >= 15 is 0 Å². The number of amides is 1. The van der Waals surface area contributed by atoms with Gasteiger partial charge >= 0.3 is 6.09 Å². The Hall–Kier alpha value is -2.89. The average molecular weight is 272 g/mol. The highest BCUT2D eigenvalue weighted by molar-refractivity contribution is 5.70. The highest BCUT2D eigenvalue weighted by Crippen LogP contribution is 2.12. The van der Waals surface area contributed by atoms with Crippen LogP contribution in [0.25, 0.3) is 0 Å². The number of nitro groups is 1. The molecule has 0 aromatic heterocycles. The molecule has 0 aliphatic heterocycles. The van der Waals surface area contributed by atoms with Crippen LogP contribution in [0.4, 0.5) is 10.5 Å². The van der Waals surface area contributed by atoms with Gasteiger partial charge in [-0.3, -0.25) is 10.1 Å². The summed E-state index contributed by atoms with van der Waals surface area (Å²) in [5.41, 5.74) is 0.765. The van der Waals surface area contributed by atoms with E-state index in [9.17, 15) is 14.9 Å². The zero-order valence-electron chi connectivity index (χ0n) is 10.5. The molecule has 0 bridgehead atoms. The van der Waals surface area contributed by atoms with Crippen LogP contribution in [0.5, 0.6) is 5.75 Å². The lowest BCUT2D eigenvalue weighted by atomic mass is 10.2. The second-order valence-electron chi connectivity index (χ2n) is 3.98. The van der Waals surface area contributed by atoms with Crippen molar-refractivity contribution < 1.29 is 14.5 Å². The molecule has 0 heterocycles. The molecule has 1 N–H and O–H groups in total. The molecule has 0 atom stereocenters. The number of hydrogen-bond acceptors (Lipinski definition) is 4. The molecular weight excluding hydrogens is 260 g/mol. The van der Waals surface area contributed by atoms with Gasteiger partial charge in [-0.1, -0.05) is 30.3 Å². The topological polar surface area (TPSA) is 81.5 Å². The van der Waals surface area contributed by atoms with E-state index in [1.807, 2.05) is 6.07 Å². The molecule has 0 unspecified atom stereocenters. The second-order valence-corrected chi connectivity index (χ2v) is 3.98. The fourth-order valence-corrected chi connectivity index (χ4v) is 1.54. The molecule has 0 spiro atoms. The van der Waals surface area contributed by atoms with Crippen molar-refractivity contribution in [3.8, 4) is 5.75 Å². The number of nitrogens with one attached hydrogen (secondary N) is 1. The van der Waals surface area contributed by atoms with E-state index in [1.165, 1.54) is 12.1 Å². The highest BCUT2D eigenvalue weighted by atomic mass is 16.6. The number of carbonyl (C=O) groups is 1. The van der Waals surface area contributed by atoms with E-state index in [0.717, 1.165) is 5.56 Å². The molecule has 0 saturated carbocycles. The van der Waals surface area contributed by atoms with Crippen molar-refractivity contribution in [2.45, 2.75) is 6.54 Å². The van der Waals surface area contributed by atoms with Crippen molar-refractivity contribution in [3.63, 3.8) is 0 Å². The molecule has 2 aromatic carbocycles. The summed E-state index contributed by atoms with van der Waals surface area (Å²) >= 11 is 0. The van der Waals surface area contributed by atoms with E-state index in [4.69, 9.17) is 4.74 Å². The predicted octanol–water partition coefficient (Wildman–Crippen LogP) is 2.88. The lowest BCUT2D eigenvalue weighted by Crippen LogP contribution is -2.26. The van der Waals surface area contributed by atoms with Crippen LogP contribution in [0, 0.1) is 10.1 Å². The number of carbonyl (C=O) groups excluding carboxylic acids is 1. The molecule has 20 heavy (non-hydrogen) atoms. The van der Waals surface area contributed by atoms with Gasteiger partial charge in [0, 0.05) is 18.7 Å². The molecule has 0 aliphatic carbocycles. The molecule has 0 radical (unpaired) electrons. The van der Waals surface area contributed by atoms with E-state index in [-0.39, 0.29) is 12.2 Å². The summed E-state index contributed by atoms with van der Waals surface area (Å²) in [7, 11) is 0. The number of benzene rings is 2. The van der Waals surface area contributed by atoms with Gasteiger partial charge in [0.1, 0.15) is 5.75 Å². The van der Waals surface area contributed by atoms with Crippen molar-refractivity contribution in [2.75, 3.05) is 0 Å². The van der Waals surface area contributed by atoms with E-state index < -0.39 is 11.0 Å². The van der Waals surface area contributed by atoms with Gasteiger partial charge in [0.15, 0.2) is 0 Å². The Labute approximate surface area is 115 Å². The number of hydrogen-bond donors (Lipinski definition) is 1. The zero-order chi connectivity index (χ0) is 14.4. The minimum absolute atomic E-state index is 0.0145. The Morgan fingerprint density at radius 2 is 1.75 bits per heavy atom. The molecule has 0 fully saturated rings. The van der Waals surface area contributed by atoms with E-state index in [1.54, 1.807) is 36.4 Å². The fraction of sp³-hybridized carbons (Fsp3) is 0.0714. The number of non-ortho nitro benzene ring substituents is 1. The molecule has 0 aliphatic rings. The summed E-state index contributed by atoms with van der Waals surface area (Å²) in [5.74, 6) is 0.452. The second kappa shape index (κ2) is 6.33. The first kappa shape index (κ1) is 13.5. The number of para-hydroxylation sites is 1. The summed E-state index contributed by atoms with van der Waals surface area (Å²) in [6.45, 7) is 0.240. The van der Waals surface area contributed by atoms with Crippen molar-refractivity contribution in [2.24, 2.45) is 0 Å². The molecule has 6 heteroatoms. The summed E-state index contributed by atoms with van der Waals surface area (Å²) < 4.78 is 5.04. The Kier molecular flexibility index (Phi) is 4.28. The van der Waals surface area contributed by atoms with Crippen molar-refractivity contribution >= 4 is 11.8 Å². The zero-order valence-corrected chi connectivity index (χ0v) is 10.5. The Morgan fingerprint density at radius 3 is 2.35 bits per heavy atom. The molecule has 6 nitrogen and oxygen atoms in total. The standard InChI is InChI=1S/C14H12N2O4/c17-14(20-13-4-2-1-3-5-13)15-10-11-6-8-12(9-7-11)16(18)19/h1-9H,10H2,(H,15,17). The van der Waals surface area contributed by atoms with Crippen LogP contribution < -0.4 is 10.1 Å². The van der Waals surface area contributed by atoms with Gasteiger partial charge in [-0.25, -0.2) is 4.79 Å². The maximum Gasteiger partial charge on any atom is 0.412 e. The Balaban J connectivity index is 1.85. The van der Waals surface area contributed by atoms with Crippen LogP contribution in [0.2, 0.25) is 0 Å². The van der Waals surface area contributed by atoms with Crippen molar-refractivity contribution in [1.29, 1.82) is 0 Å². The van der Waals surface area contributed by atoms with Gasteiger partial charge in [-0.05, 0) is 17.7 Å². The van der Waals surface area contributed by atoms with Crippen LogP contribution in [0.15, 0.2) is 54.6 Å². The quantitative estimate of drug-likeness (QED) is 0.685. The first-order chi connectivity index (χ1) is 9.65. The van der Waals surface area contributed by atoms with Gasteiger partial charge in [0.05, 0.1) is 4.92 Å². The molecular formula is C14H12N2O4. The van der Waals surface area contributed by atoms with Crippen molar-refractivity contribution in [3.05, 3.63) is 70.3 Å². The minimum atomic E-state index is -0.574. The van der Waals surface area contributed by atoms with Crippen LogP contribution >= 0.6 is 0 Å². The Morgan fingerprint density at radius 1 is 1.10 bits per heavy atom. The minimum Gasteiger partial charge on any atom is -0.410 e. The van der Waals surface area contributed by atoms with Gasteiger partial charge in [0.2, 0.25) is 0 Å². The summed E-state index contributed by atoms with van der Waals surface area (Å²) in [6.07, 6.45) is -0.574. The number of nitrogens with zero attached hydrogens (tertiary/aromatic N) is 1. The third kappa shape index (κ3) is 3.81. The van der Waals surface area contributed by atoms with Crippen LogP contribution in [-0.2, 0) is 6.54 Å². The summed E-state index contributed by atoms with van der Waals surface area (Å²) in [5, 5.41) is 13.1. The molecule has 2 aromatic rings. The van der Waals surface area contributed by atoms with E-state index in [0.29, 0.717) is 5.75 Å². The maximum absolute atomic E-state index is 11.5. The lowest BCUT2D eigenvalue weighted by molar-refractivity contribution is -0.384. The summed E-state index contributed by atoms with van der Waals surface area (Å²) in [4.78, 5) is 21.5. The van der Waals surface area contributed by atoms with Gasteiger partial charge in [-0.15, -0.1) is 0 Å². The fourth-order valence-electron chi connectivity index (χ4n) is 1.54. The molecule has 2 rings (SSSR count). The summed E-state index contributed by atoms with van der Waals surface area (Å²) in [6, 6.07) is 14.6. The molecule has 1 amide bonds. The smallest absolute Gasteiger partial charge is 0.410 e. The maximum atomic E-state index is 11.5. The van der Waals surface area contributed by atoms with E-state index in [2.05, 4.69) is 5.32 Å². The normalized spacial score (nSPS) is 9.80. The van der Waals surface area contributed by atoms with Gasteiger partial charge in [0.25, 0.3) is 5.69 Å². The number of rotatable bonds is 4. The number of nitro benzene ring substituents is 1. The molecule has 0 saturated heterocycles.